The average Bonchev–Trinajstić information content (AvgIpc) is 2.92. The third-order valence-electron chi connectivity index (χ3n) is 6.87. The number of morpholine rings is 1. The monoisotopic (exact) mass is 505 g/mol. The van der Waals surface area contributed by atoms with Gasteiger partial charge in [-0.3, -0.25) is 14.5 Å². The van der Waals surface area contributed by atoms with Crippen LogP contribution in [-0.4, -0.2) is 73.6 Å². The summed E-state index contributed by atoms with van der Waals surface area (Å²) >= 11 is 0. The van der Waals surface area contributed by atoms with Gasteiger partial charge in [-0.2, -0.15) is 0 Å². The van der Waals surface area contributed by atoms with Gasteiger partial charge in [-0.05, 0) is 37.1 Å². The number of amides is 2. The molecule has 0 spiro atoms. The zero-order valence-electron chi connectivity index (χ0n) is 21.6. The lowest BCUT2D eigenvalue weighted by Gasteiger charge is -2.34. The normalized spacial score (nSPS) is 18.6. The Labute approximate surface area is 218 Å². The molecule has 196 valence electrons. The molecule has 0 saturated carbocycles. The minimum Gasteiger partial charge on any atom is -0.463 e. The van der Waals surface area contributed by atoms with Gasteiger partial charge in [0.05, 0.1) is 31.9 Å². The molecule has 0 radical (unpaired) electrons. The fourth-order valence-electron chi connectivity index (χ4n) is 4.89. The molecular formula is C29H35N3O5. The minimum absolute atomic E-state index is 0.0697. The Morgan fingerprint density at radius 1 is 1.08 bits per heavy atom. The molecule has 4 rings (SSSR count). The Balaban J connectivity index is 1.49. The van der Waals surface area contributed by atoms with Crippen molar-refractivity contribution in [3.63, 3.8) is 0 Å². The quantitative estimate of drug-likeness (QED) is 0.527. The Bertz CT molecular complexity index is 1140. The molecule has 2 heterocycles. The highest BCUT2D eigenvalue weighted by molar-refractivity contribution is 5.96. The molecule has 1 N–H and O–H groups in total. The summed E-state index contributed by atoms with van der Waals surface area (Å²) in [5.74, 6) is -0.976. The zero-order chi connectivity index (χ0) is 26.2. The van der Waals surface area contributed by atoms with E-state index in [2.05, 4.69) is 10.2 Å². The van der Waals surface area contributed by atoms with Crippen molar-refractivity contribution in [2.75, 3.05) is 46.0 Å². The number of benzene rings is 2. The van der Waals surface area contributed by atoms with Crippen molar-refractivity contribution in [3.8, 4) is 0 Å². The van der Waals surface area contributed by atoms with E-state index in [1.165, 1.54) is 0 Å². The Hall–Kier alpha value is -3.49. The van der Waals surface area contributed by atoms with Crippen LogP contribution in [-0.2, 0) is 25.6 Å². The van der Waals surface area contributed by atoms with Crippen LogP contribution >= 0.6 is 0 Å². The van der Waals surface area contributed by atoms with Gasteiger partial charge in [0.15, 0.2) is 0 Å². The fraction of sp³-hybridized carbons (Fsp3) is 0.414. The van der Waals surface area contributed by atoms with E-state index in [1.807, 2.05) is 42.5 Å². The first-order chi connectivity index (χ1) is 18.0. The van der Waals surface area contributed by atoms with Crippen molar-refractivity contribution < 1.29 is 23.9 Å². The van der Waals surface area contributed by atoms with E-state index >= 15 is 0 Å². The number of ether oxygens (including phenoxy) is 2. The molecule has 1 unspecified atom stereocenters. The lowest BCUT2D eigenvalue weighted by molar-refractivity contribution is -0.140. The predicted octanol–water partition coefficient (Wildman–Crippen LogP) is 3.10. The van der Waals surface area contributed by atoms with E-state index in [-0.39, 0.29) is 37.3 Å². The highest BCUT2D eigenvalue weighted by Crippen LogP contribution is 2.37. The van der Waals surface area contributed by atoms with E-state index in [0.29, 0.717) is 23.4 Å². The number of hydrogen-bond donors (Lipinski definition) is 1. The Morgan fingerprint density at radius 2 is 1.84 bits per heavy atom. The van der Waals surface area contributed by atoms with Crippen molar-refractivity contribution in [2.45, 2.75) is 32.7 Å². The molecule has 2 aromatic carbocycles. The Kier molecular flexibility index (Phi) is 9.09. The first-order valence-corrected chi connectivity index (χ1v) is 12.9. The third kappa shape index (κ3) is 6.64. The molecule has 1 atom stereocenters. The Morgan fingerprint density at radius 3 is 2.57 bits per heavy atom. The molecule has 1 fully saturated rings. The topological polar surface area (TPSA) is 88.2 Å². The van der Waals surface area contributed by atoms with E-state index in [0.717, 1.165) is 44.0 Å². The molecular weight excluding hydrogens is 470 g/mol. The van der Waals surface area contributed by atoms with E-state index in [9.17, 15) is 14.4 Å². The lowest BCUT2D eigenvalue weighted by atomic mass is 9.83. The van der Waals surface area contributed by atoms with E-state index in [4.69, 9.17) is 9.47 Å². The molecule has 2 amide bonds. The summed E-state index contributed by atoms with van der Waals surface area (Å²) in [7, 11) is 0. The summed E-state index contributed by atoms with van der Waals surface area (Å²) in [5.41, 5.74) is 3.36. The highest BCUT2D eigenvalue weighted by atomic mass is 16.5. The number of carbonyl (C=O) groups is 3. The van der Waals surface area contributed by atoms with Crippen molar-refractivity contribution in [3.05, 3.63) is 82.6 Å². The number of nitrogens with one attached hydrogen (secondary N) is 1. The molecule has 8 heteroatoms. The zero-order valence-corrected chi connectivity index (χ0v) is 21.6. The van der Waals surface area contributed by atoms with Crippen molar-refractivity contribution in [2.24, 2.45) is 0 Å². The standard InChI is InChI=1S/C29H35N3O5/c1-3-37-29(35)27-21(2)32(26(33)19-25(27)23-9-5-4-6-10-23)20-22-8-7-11-24(18-22)28(34)30-12-13-31-14-16-36-17-15-31/h4-11,18,25H,3,12-17,19-20H2,1-2H3,(H,30,34). The van der Waals surface area contributed by atoms with Gasteiger partial charge in [-0.25, -0.2) is 4.79 Å². The second-order valence-corrected chi connectivity index (χ2v) is 9.28. The molecule has 1 saturated heterocycles. The largest absolute Gasteiger partial charge is 0.463 e. The van der Waals surface area contributed by atoms with Gasteiger partial charge >= 0.3 is 5.97 Å². The van der Waals surface area contributed by atoms with Gasteiger partial charge in [0.1, 0.15) is 0 Å². The smallest absolute Gasteiger partial charge is 0.336 e. The SMILES string of the molecule is CCOC(=O)C1=C(C)N(Cc2cccc(C(=O)NCCN3CCOCC3)c2)C(=O)CC1c1ccccc1. The molecule has 2 aromatic rings. The van der Waals surface area contributed by atoms with Crippen LogP contribution in [0.15, 0.2) is 65.9 Å². The van der Waals surface area contributed by atoms with Gasteiger partial charge in [0.25, 0.3) is 5.91 Å². The summed E-state index contributed by atoms with van der Waals surface area (Å²) in [6, 6.07) is 16.9. The van der Waals surface area contributed by atoms with Gasteiger partial charge < -0.3 is 19.7 Å². The fourth-order valence-corrected chi connectivity index (χ4v) is 4.89. The first kappa shape index (κ1) is 26.6. The second kappa shape index (κ2) is 12.7. The average molecular weight is 506 g/mol. The summed E-state index contributed by atoms with van der Waals surface area (Å²) in [4.78, 5) is 42.9. The van der Waals surface area contributed by atoms with Crippen LogP contribution in [0.1, 0.15) is 47.7 Å². The van der Waals surface area contributed by atoms with Gasteiger partial charge in [0, 0.05) is 49.8 Å². The number of carbonyl (C=O) groups excluding carboxylic acids is 3. The summed E-state index contributed by atoms with van der Waals surface area (Å²) in [5, 5.41) is 2.98. The highest BCUT2D eigenvalue weighted by Gasteiger charge is 2.36. The molecule has 2 aliphatic rings. The minimum atomic E-state index is -0.403. The second-order valence-electron chi connectivity index (χ2n) is 9.28. The summed E-state index contributed by atoms with van der Waals surface area (Å²) < 4.78 is 10.7. The third-order valence-corrected chi connectivity index (χ3v) is 6.87. The summed E-state index contributed by atoms with van der Waals surface area (Å²) in [6.45, 7) is 8.63. The van der Waals surface area contributed by atoms with Gasteiger partial charge in [-0.1, -0.05) is 42.5 Å². The van der Waals surface area contributed by atoms with Crippen LogP contribution < -0.4 is 5.32 Å². The van der Waals surface area contributed by atoms with E-state index in [1.54, 1.807) is 30.9 Å². The number of esters is 1. The van der Waals surface area contributed by atoms with Crippen LogP contribution in [0.2, 0.25) is 0 Å². The maximum absolute atomic E-state index is 13.3. The van der Waals surface area contributed by atoms with Crippen LogP contribution in [0.4, 0.5) is 0 Å². The number of rotatable bonds is 9. The molecule has 2 aliphatic heterocycles. The van der Waals surface area contributed by atoms with Crippen molar-refractivity contribution in [1.29, 1.82) is 0 Å². The van der Waals surface area contributed by atoms with Crippen LogP contribution in [0.3, 0.4) is 0 Å². The molecule has 0 bridgehead atoms. The molecule has 37 heavy (non-hydrogen) atoms. The van der Waals surface area contributed by atoms with Gasteiger partial charge in [-0.15, -0.1) is 0 Å². The lowest BCUT2D eigenvalue weighted by Crippen LogP contribution is -2.41. The van der Waals surface area contributed by atoms with Crippen LogP contribution in [0, 0.1) is 0 Å². The van der Waals surface area contributed by atoms with Crippen LogP contribution in [0.25, 0.3) is 0 Å². The van der Waals surface area contributed by atoms with Crippen LogP contribution in [0.5, 0.6) is 0 Å². The van der Waals surface area contributed by atoms with Crippen molar-refractivity contribution in [1.82, 2.24) is 15.1 Å². The molecule has 8 nitrogen and oxygen atoms in total. The van der Waals surface area contributed by atoms with Gasteiger partial charge in [0.2, 0.25) is 5.91 Å². The predicted molar refractivity (Wildman–Crippen MR) is 140 cm³/mol. The molecule has 0 aliphatic carbocycles. The summed E-state index contributed by atoms with van der Waals surface area (Å²) in [6.07, 6.45) is 0.178. The molecule has 0 aromatic heterocycles. The number of allylic oxidation sites excluding steroid dienone is 1. The number of nitrogens with zero attached hydrogens (tertiary/aromatic N) is 2. The van der Waals surface area contributed by atoms with E-state index < -0.39 is 5.97 Å². The first-order valence-electron chi connectivity index (χ1n) is 12.9. The number of hydrogen-bond acceptors (Lipinski definition) is 6. The maximum atomic E-state index is 13.3. The van der Waals surface area contributed by atoms with Crippen molar-refractivity contribution >= 4 is 17.8 Å². The maximum Gasteiger partial charge on any atom is 0.336 e.